The van der Waals surface area contributed by atoms with Crippen LogP contribution in [0.25, 0.3) is 0 Å². The van der Waals surface area contributed by atoms with Crippen LogP contribution in [-0.2, 0) is 14.3 Å². The van der Waals surface area contributed by atoms with E-state index in [2.05, 4.69) is 0 Å². The van der Waals surface area contributed by atoms with Crippen molar-refractivity contribution in [1.29, 1.82) is 0 Å². The highest BCUT2D eigenvalue weighted by atomic mass is 16.7. The molecule has 0 aromatic rings. The lowest BCUT2D eigenvalue weighted by molar-refractivity contribution is -0.147. The van der Waals surface area contributed by atoms with Crippen LogP contribution < -0.4 is 0 Å². The SMILES string of the molecule is CCC(C)(C=O)C1OCCO1. The molecule has 1 saturated heterocycles. The molecule has 0 aliphatic carbocycles. The van der Waals surface area contributed by atoms with Crippen molar-refractivity contribution < 1.29 is 14.3 Å². The highest BCUT2D eigenvalue weighted by Crippen LogP contribution is 2.28. The second-order valence-corrected chi connectivity index (χ2v) is 3.05. The summed E-state index contributed by atoms with van der Waals surface area (Å²) in [4.78, 5) is 10.7. The molecular formula is C8H14O3. The zero-order valence-electron chi connectivity index (χ0n) is 7.00. The molecule has 1 rings (SSSR count). The van der Waals surface area contributed by atoms with E-state index >= 15 is 0 Å². The fourth-order valence-corrected chi connectivity index (χ4v) is 1.04. The van der Waals surface area contributed by atoms with Crippen LogP contribution in [0.1, 0.15) is 20.3 Å². The first-order valence-corrected chi connectivity index (χ1v) is 3.92. The lowest BCUT2D eigenvalue weighted by atomic mass is 9.89. The molecule has 3 nitrogen and oxygen atoms in total. The van der Waals surface area contributed by atoms with Crippen molar-refractivity contribution in [2.24, 2.45) is 5.41 Å². The molecule has 0 aromatic carbocycles. The number of carbonyl (C=O) groups is 1. The fraction of sp³-hybridized carbons (Fsp3) is 0.875. The predicted octanol–water partition coefficient (Wildman–Crippen LogP) is 0.974. The van der Waals surface area contributed by atoms with Gasteiger partial charge in [-0.25, -0.2) is 0 Å². The van der Waals surface area contributed by atoms with E-state index in [4.69, 9.17) is 9.47 Å². The van der Waals surface area contributed by atoms with Gasteiger partial charge in [0.15, 0.2) is 6.29 Å². The topological polar surface area (TPSA) is 35.5 Å². The Morgan fingerprint density at radius 2 is 2.09 bits per heavy atom. The highest BCUT2D eigenvalue weighted by Gasteiger charge is 2.36. The predicted molar refractivity (Wildman–Crippen MR) is 40.2 cm³/mol. The molecule has 0 saturated carbocycles. The zero-order chi connectivity index (χ0) is 8.32. The van der Waals surface area contributed by atoms with Gasteiger partial charge in [0.05, 0.1) is 18.6 Å². The molecule has 0 amide bonds. The summed E-state index contributed by atoms with van der Waals surface area (Å²) in [5.74, 6) is 0. The van der Waals surface area contributed by atoms with Crippen molar-refractivity contribution in [3.63, 3.8) is 0 Å². The van der Waals surface area contributed by atoms with Gasteiger partial charge in [-0.1, -0.05) is 6.92 Å². The Bertz CT molecular complexity index is 140. The highest BCUT2D eigenvalue weighted by molar-refractivity contribution is 5.59. The van der Waals surface area contributed by atoms with Gasteiger partial charge < -0.3 is 14.3 Å². The number of ether oxygens (including phenoxy) is 2. The summed E-state index contributed by atoms with van der Waals surface area (Å²) in [6.07, 6.45) is 1.34. The summed E-state index contributed by atoms with van der Waals surface area (Å²) in [6.45, 7) is 5.03. The molecule has 0 radical (unpaired) electrons. The van der Waals surface area contributed by atoms with Crippen LogP contribution in [0.2, 0.25) is 0 Å². The van der Waals surface area contributed by atoms with Crippen molar-refractivity contribution >= 4 is 6.29 Å². The number of hydrogen-bond acceptors (Lipinski definition) is 3. The fourth-order valence-electron chi connectivity index (χ4n) is 1.04. The first kappa shape index (κ1) is 8.68. The van der Waals surface area contributed by atoms with Crippen molar-refractivity contribution in [3.05, 3.63) is 0 Å². The van der Waals surface area contributed by atoms with E-state index in [1.165, 1.54) is 0 Å². The van der Waals surface area contributed by atoms with E-state index in [0.717, 1.165) is 12.7 Å². The Morgan fingerprint density at radius 3 is 2.45 bits per heavy atom. The van der Waals surface area contributed by atoms with Crippen LogP contribution in [0.15, 0.2) is 0 Å². The van der Waals surface area contributed by atoms with Gasteiger partial charge in [-0.05, 0) is 13.3 Å². The van der Waals surface area contributed by atoms with Crippen LogP contribution in [-0.4, -0.2) is 25.8 Å². The van der Waals surface area contributed by atoms with E-state index in [9.17, 15) is 4.79 Å². The summed E-state index contributed by atoms with van der Waals surface area (Å²) in [5.41, 5.74) is -0.462. The number of aldehydes is 1. The lowest BCUT2D eigenvalue weighted by Gasteiger charge is -2.26. The Hall–Kier alpha value is -0.410. The minimum absolute atomic E-state index is 0.329. The van der Waals surface area contributed by atoms with Crippen LogP contribution in [0.3, 0.4) is 0 Å². The quantitative estimate of drug-likeness (QED) is 0.574. The van der Waals surface area contributed by atoms with Gasteiger partial charge in [0.25, 0.3) is 0 Å². The number of hydrogen-bond donors (Lipinski definition) is 0. The molecule has 0 aromatic heterocycles. The van der Waals surface area contributed by atoms with Crippen LogP contribution in [0, 0.1) is 5.41 Å². The molecular weight excluding hydrogens is 144 g/mol. The molecule has 1 atom stereocenters. The first-order chi connectivity index (χ1) is 5.23. The minimum atomic E-state index is -0.462. The molecule has 11 heavy (non-hydrogen) atoms. The summed E-state index contributed by atoms with van der Waals surface area (Å²) in [7, 11) is 0. The summed E-state index contributed by atoms with van der Waals surface area (Å²) in [5, 5.41) is 0. The van der Waals surface area contributed by atoms with E-state index in [-0.39, 0.29) is 6.29 Å². The van der Waals surface area contributed by atoms with Crippen molar-refractivity contribution in [1.82, 2.24) is 0 Å². The van der Waals surface area contributed by atoms with Crippen molar-refractivity contribution in [3.8, 4) is 0 Å². The van der Waals surface area contributed by atoms with Gasteiger partial charge in [0.2, 0.25) is 0 Å². The minimum Gasteiger partial charge on any atom is -0.349 e. The third-order valence-electron chi connectivity index (χ3n) is 2.19. The first-order valence-electron chi connectivity index (χ1n) is 3.92. The Balaban J connectivity index is 2.59. The monoisotopic (exact) mass is 158 g/mol. The maximum absolute atomic E-state index is 10.7. The Morgan fingerprint density at radius 1 is 1.55 bits per heavy atom. The molecule has 1 aliphatic rings. The molecule has 1 heterocycles. The van der Waals surface area contributed by atoms with Crippen molar-refractivity contribution in [2.45, 2.75) is 26.6 Å². The van der Waals surface area contributed by atoms with Gasteiger partial charge >= 0.3 is 0 Å². The van der Waals surface area contributed by atoms with E-state index < -0.39 is 5.41 Å². The Labute approximate surface area is 66.7 Å². The summed E-state index contributed by atoms with van der Waals surface area (Å²) < 4.78 is 10.5. The molecule has 64 valence electrons. The molecule has 1 unspecified atom stereocenters. The third-order valence-corrected chi connectivity index (χ3v) is 2.19. The van der Waals surface area contributed by atoms with Crippen LogP contribution >= 0.6 is 0 Å². The number of carbonyl (C=O) groups excluding carboxylic acids is 1. The maximum Gasteiger partial charge on any atom is 0.169 e. The largest absolute Gasteiger partial charge is 0.349 e. The van der Waals surface area contributed by atoms with Crippen LogP contribution in [0.5, 0.6) is 0 Å². The molecule has 1 fully saturated rings. The van der Waals surface area contributed by atoms with Crippen molar-refractivity contribution in [2.75, 3.05) is 13.2 Å². The second kappa shape index (κ2) is 3.32. The van der Waals surface area contributed by atoms with Gasteiger partial charge in [0, 0.05) is 0 Å². The summed E-state index contributed by atoms with van der Waals surface area (Å²) in [6, 6.07) is 0. The lowest BCUT2D eigenvalue weighted by Crippen LogP contribution is -2.34. The second-order valence-electron chi connectivity index (χ2n) is 3.05. The standard InChI is InChI=1S/C8H14O3/c1-3-8(2,6-9)7-10-4-5-11-7/h6-7H,3-5H2,1-2H3. The average molecular weight is 158 g/mol. The smallest absolute Gasteiger partial charge is 0.169 e. The molecule has 0 N–H and O–H groups in total. The van der Waals surface area contributed by atoms with E-state index in [1.54, 1.807) is 0 Å². The normalized spacial score (nSPS) is 24.9. The third kappa shape index (κ3) is 1.60. The van der Waals surface area contributed by atoms with Gasteiger partial charge in [0.1, 0.15) is 6.29 Å². The van der Waals surface area contributed by atoms with Gasteiger partial charge in [-0.15, -0.1) is 0 Å². The maximum atomic E-state index is 10.7. The van der Waals surface area contributed by atoms with E-state index in [0.29, 0.717) is 13.2 Å². The Kier molecular flexibility index (Phi) is 2.62. The zero-order valence-corrected chi connectivity index (χ0v) is 7.00. The average Bonchev–Trinajstić information content (AvgIpc) is 2.55. The van der Waals surface area contributed by atoms with Crippen LogP contribution in [0.4, 0.5) is 0 Å². The summed E-state index contributed by atoms with van der Waals surface area (Å²) >= 11 is 0. The number of rotatable bonds is 3. The van der Waals surface area contributed by atoms with Gasteiger partial charge in [-0.3, -0.25) is 0 Å². The van der Waals surface area contributed by atoms with Gasteiger partial charge in [-0.2, -0.15) is 0 Å². The molecule has 0 bridgehead atoms. The molecule has 1 aliphatic heterocycles. The molecule has 0 spiro atoms. The van der Waals surface area contributed by atoms with E-state index in [1.807, 2.05) is 13.8 Å². The molecule has 3 heteroatoms.